The van der Waals surface area contributed by atoms with E-state index in [0.717, 1.165) is 35.6 Å². The maximum absolute atomic E-state index is 6.19. The van der Waals surface area contributed by atoms with Gasteiger partial charge in [-0.25, -0.2) is 0 Å². The monoisotopic (exact) mass is 330 g/mol. The summed E-state index contributed by atoms with van der Waals surface area (Å²) in [4.78, 5) is 2.43. The van der Waals surface area contributed by atoms with Crippen molar-refractivity contribution in [1.82, 2.24) is 5.32 Å². The zero-order valence-corrected chi connectivity index (χ0v) is 13.3. The van der Waals surface area contributed by atoms with Crippen molar-refractivity contribution in [2.45, 2.75) is 32.2 Å². The average Bonchev–Trinajstić information content (AvgIpc) is 2.56. The van der Waals surface area contributed by atoms with Crippen LogP contribution in [0.4, 0.5) is 5.69 Å². The molecule has 4 heteroatoms. The molecule has 0 aromatic heterocycles. The lowest BCUT2D eigenvalue weighted by Crippen LogP contribution is -2.48. The third-order valence-electron chi connectivity index (χ3n) is 3.75. The molecule has 1 saturated heterocycles. The van der Waals surface area contributed by atoms with Crippen molar-refractivity contribution in [2.75, 3.05) is 24.5 Å². The molecule has 1 fully saturated rings. The predicted octanol–water partition coefficient (Wildman–Crippen LogP) is 4.07. The van der Waals surface area contributed by atoms with Crippen molar-refractivity contribution < 1.29 is 0 Å². The van der Waals surface area contributed by atoms with E-state index >= 15 is 0 Å². The van der Waals surface area contributed by atoms with E-state index in [4.69, 9.17) is 11.6 Å². The van der Waals surface area contributed by atoms with Crippen LogP contribution in [0.5, 0.6) is 0 Å². The van der Waals surface area contributed by atoms with Gasteiger partial charge in [-0.05, 0) is 60.4 Å². The molecule has 2 nitrogen and oxygen atoms in total. The van der Waals surface area contributed by atoms with Crippen molar-refractivity contribution in [3.05, 3.63) is 27.7 Å². The summed E-state index contributed by atoms with van der Waals surface area (Å²) in [6, 6.07) is 6.21. The number of benzene rings is 1. The maximum atomic E-state index is 6.19. The van der Waals surface area contributed by atoms with Gasteiger partial charge in [0.25, 0.3) is 0 Å². The lowest BCUT2D eigenvalue weighted by Gasteiger charge is -2.34. The van der Waals surface area contributed by atoms with Gasteiger partial charge in [-0.15, -0.1) is 0 Å². The first kappa shape index (κ1) is 14.2. The third kappa shape index (κ3) is 3.19. The minimum atomic E-state index is 0.191. The molecule has 1 aliphatic rings. The van der Waals surface area contributed by atoms with Crippen LogP contribution in [0.3, 0.4) is 0 Å². The highest BCUT2D eigenvalue weighted by molar-refractivity contribution is 9.10. The molecule has 0 radical (unpaired) electrons. The van der Waals surface area contributed by atoms with Gasteiger partial charge in [-0.1, -0.05) is 18.5 Å². The Morgan fingerprint density at radius 2 is 2.28 bits per heavy atom. The zero-order valence-electron chi connectivity index (χ0n) is 11.0. The predicted molar refractivity (Wildman–Crippen MR) is 82.7 cm³/mol. The van der Waals surface area contributed by atoms with Gasteiger partial charge < -0.3 is 10.2 Å². The topological polar surface area (TPSA) is 15.3 Å². The van der Waals surface area contributed by atoms with Gasteiger partial charge in [0.1, 0.15) is 0 Å². The van der Waals surface area contributed by atoms with Crippen LogP contribution < -0.4 is 10.2 Å². The van der Waals surface area contributed by atoms with Crippen molar-refractivity contribution in [1.29, 1.82) is 0 Å². The summed E-state index contributed by atoms with van der Waals surface area (Å²) >= 11 is 9.63. The van der Waals surface area contributed by atoms with Crippen LogP contribution in [0.2, 0.25) is 5.02 Å². The van der Waals surface area contributed by atoms with Gasteiger partial charge in [-0.2, -0.15) is 0 Å². The second-order valence-corrected chi connectivity index (χ2v) is 6.48. The number of halogens is 2. The fourth-order valence-electron chi connectivity index (χ4n) is 2.36. The summed E-state index contributed by atoms with van der Waals surface area (Å²) in [7, 11) is 0. The Morgan fingerprint density at radius 3 is 2.94 bits per heavy atom. The smallest absolute Gasteiger partial charge is 0.0568 e. The highest BCUT2D eigenvalue weighted by Crippen LogP contribution is 2.29. The average molecular weight is 332 g/mol. The Kier molecular flexibility index (Phi) is 4.57. The van der Waals surface area contributed by atoms with Crippen LogP contribution in [0.25, 0.3) is 0 Å². The van der Waals surface area contributed by atoms with E-state index in [1.54, 1.807) is 0 Å². The number of nitrogens with zero attached hydrogens (tertiary/aromatic N) is 1. The van der Waals surface area contributed by atoms with Crippen LogP contribution in [0.15, 0.2) is 22.7 Å². The molecular formula is C14H20BrClN2. The van der Waals surface area contributed by atoms with Crippen molar-refractivity contribution in [2.24, 2.45) is 0 Å². The van der Waals surface area contributed by atoms with Gasteiger partial charge in [0.15, 0.2) is 0 Å². The Bertz CT molecular complexity index is 424. The molecule has 1 heterocycles. The molecule has 1 N–H and O–H groups in total. The Labute approximate surface area is 123 Å². The lowest BCUT2D eigenvalue weighted by molar-refractivity contribution is 0.366. The van der Waals surface area contributed by atoms with Crippen molar-refractivity contribution in [3.8, 4) is 0 Å². The van der Waals surface area contributed by atoms with E-state index in [1.165, 1.54) is 12.1 Å². The molecule has 0 saturated carbocycles. The standard InChI is InChI=1S/C14H20BrClN2/c1-3-14(2)10-18(8-4-7-17-14)11-5-6-12(15)13(16)9-11/h5-6,9,17H,3-4,7-8,10H2,1-2H3. The SMILES string of the molecule is CCC1(C)CN(c2ccc(Br)c(Cl)c2)CCCN1. The third-order valence-corrected chi connectivity index (χ3v) is 4.98. The fourth-order valence-corrected chi connectivity index (χ4v) is 2.78. The molecule has 1 aromatic rings. The molecular weight excluding hydrogens is 312 g/mol. The molecule has 1 aliphatic heterocycles. The molecule has 1 unspecified atom stereocenters. The second kappa shape index (κ2) is 5.81. The van der Waals surface area contributed by atoms with Crippen LogP contribution in [-0.2, 0) is 0 Å². The van der Waals surface area contributed by atoms with Gasteiger partial charge >= 0.3 is 0 Å². The summed E-state index contributed by atoms with van der Waals surface area (Å²) < 4.78 is 0.958. The minimum absolute atomic E-state index is 0.191. The first-order chi connectivity index (χ1) is 8.54. The Morgan fingerprint density at radius 1 is 1.50 bits per heavy atom. The minimum Gasteiger partial charge on any atom is -0.370 e. The first-order valence-electron chi connectivity index (χ1n) is 6.49. The number of hydrogen-bond donors (Lipinski definition) is 1. The molecule has 0 amide bonds. The van der Waals surface area contributed by atoms with Gasteiger partial charge in [0.05, 0.1) is 5.02 Å². The van der Waals surface area contributed by atoms with Crippen LogP contribution in [-0.4, -0.2) is 25.2 Å². The van der Waals surface area contributed by atoms with Gasteiger partial charge in [-0.3, -0.25) is 0 Å². The molecule has 0 aliphatic carbocycles. The quantitative estimate of drug-likeness (QED) is 0.879. The number of nitrogens with one attached hydrogen (secondary N) is 1. The highest BCUT2D eigenvalue weighted by atomic mass is 79.9. The largest absolute Gasteiger partial charge is 0.370 e. The van der Waals surface area contributed by atoms with Crippen LogP contribution in [0.1, 0.15) is 26.7 Å². The van der Waals surface area contributed by atoms with E-state index < -0.39 is 0 Å². The van der Waals surface area contributed by atoms with Crippen LogP contribution in [0, 0.1) is 0 Å². The molecule has 18 heavy (non-hydrogen) atoms. The summed E-state index contributed by atoms with van der Waals surface area (Å²) in [5, 5.41) is 4.43. The van der Waals surface area contributed by atoms with E-state index in [0.29, 0.717) is 0 Å². The van der Waals surface area contributed by atoms with Crippen molar-refractivity contribution in [3.63, 3.8) is 0 Å². The molecule has 0 bridgehead atoms. The lowest BCUT2D eigenvalue weighted by atomic mass is 9.98. The van der Waals surface area contributed by atoms with Gasteiger partial charge in [0.2, 0.25) is 0 Å². The molecule has 1 atom stereocenters. The van der Waals surface area contributed by atoms with Crippen LogP contribution >= 0.6 is 27.5 Å². The van der Waals surface area contributed by atoms with Gasteiger partial charge in [0, 0.05) is 28.8 Å². The fraction of sp³-hybridized carbons (Fsp3) is 0.571. The Hall–Kier alpha value is -0.250. The zero-order chi connectivity index (χ0) is 13.2. The summed E-state index contributed by atoms with van der Waals surface area (Å²) in [5.41, 5.74) is 1.40. The molecule has 2 rings (SSSR count). The molecule has 1 aromatic carbocycles. The summed E-state index contributed by atoms with van der Waals surface area (Å²) in [6.07, 6.45) is 2.30. The summed E-state index contributed by atoms with van der Waals surface area (Å²) in [5.74, 6) is 0. The Balaban J connectivity index is 2.22. The van der Waals surface area contributed by atoms with Crippen molar-refractivity contribution >= 4 is 33.2 Å². The molecule has 100 valence electrons. The van der Waals surface area contributed by atoms with E-state index in [1.807, 2.05) is 12.1 Å². The number of hydrogen-bond acceptors (Lipinski definition) is 2. The second-order valence-electron chi connectivity index (χ2n) is 5.21. The van der Waals surface area contributed by atoms with E-state index in [2.05, 4.69) is 46.1 Å². The number of rotatable bonds is 2. The normalized spacial score (nSPS) is 25.0. The van der Waals surface area contributed by atoms with E-state index in [-0.39, 0.29) is 5.54 Å². The number of anilines is 1. The molecule has 0 spiro atoms. The summed E-state index contributed by atoms with van der Waals surface area (Å²) in [6.45, 7) is 7.74. The van der Waals surface area contributed by atoms with E-state index in [9.17, 15) is 0 Å². The highest BCUT2D eigenvalue weighted by Gasteiger charge is 2.27. The maximum Gasteiger partial charge on any atom is 0.0568 e. The first-order valence-corrected chi connectivity index (χ1v) is 7.66.